The van der Waals surface area contributed by atoms with Gasteiger partial charge in [0, 0.05) is 34.3 Å². The number of Topliss-reactive ketones (excluding diaryl/α,β-unsaturated/α-hetero) is 2. The average Bonchev–Trinajstić information content (AvgIpc) is 3.82. The van der Waals surface area contributed by atoms with E-state index < -0.39 is 58.6 Å². The van der Waals surface area contributed by atoms with Crippen molar-refractivity contribution in [3.8, 4) is 5.69 Å². The van der Waals surface area contributed by atoms with E-state index in [9.17, 15) is 37.5 Å². The van der Waals surface area contributed by atoms with Gasteiger partial charge in [0.05, 0.1) is 60.0 Å². The molecule has 2 amide bonds. The van der Waals surface area contributed by atoms with Crippen LogP contribution in [0.2, 0.25) is 20.1 Å². The fourth-order valence-corrected chi connectivity index (χ4v) is 8.30. The number of amides is 2. The number of hydrazine groups is 1. The molecule has 23 heteroatoms. The predicted octanol–water partition coefficient (Wildman–Crippen LogP) is 11.8. The van der Waals surface area contributed by atoms with Crippen molar-refractivity contribution in [2.75, 3.05) is 44.9 Å². The molecule has 4 N–H and O–H groups in total. The second kappa shape index (κ2) is 29.4. The van der Waals surface area contributed by atoms with Crippen LogP contribution in [-0.4, -0.2) is 111 Å². The number of benzene rings is 4. The van der Waals surface area contributed by atoms with Crippen LogP contribution in [0.3, 0.4) is 0 Å². The minimum absolute atomic E-state index is 0.0143. The number of ether oxygens (including phenoxy) is 4. The first-order chi connectivity index (χ1) is 37.1. The number of rotatable bonds is 9. The van der Waals surface area contributed by atoms with Crippen molar-refractivity contribution in [2.45, 2.75) is 80.1 Å². The Morgan fingerprint density at radius 3 is 1.67 bits per heavy atom. The number of esters is 2. The molecule has 0 aliphatic carbocycles. The zero-order valence-electron chi connectivity index (χ0n) is 44.9. The van der Waals surface area contributed by atoms with Crippen LogP contribution in [-0.2, 0) is 39.9 Å². The van der Waals surface area contributed by atoms with E-state index in [-0.39, 0.29) is 63.1 Å². The minimum Gasteiger partial charge on any atom is -0.461 e. The van der Waals surface area contributed by atoms with Gasteiger partial charge in [0.25, 0.3) is 5.78 Å². The Hall–Kier alpha value is -6.87. The maximum Gasteiger partial charge on any atom is 0.410 e. The van der Waals surface area contributed by atoms with Gasteiger partial charge in [-0.1, -0.05) is 70.7 Å². The number of ketones is 2. The third-order valence-corrected chi connectivity index (χ3v) is 11.7. The summed E-state index contributed by atoms with van der Waals surface area (Å²) in [6.45, 7) is 15.5. The van der Waals surface area contributed by atoms with Crippen LogP contribution in [0.4, 0.5) is 24.1 Å². The van der Waals surface area contributed by atoms with Gasteiger partial charge < -0.3 is 34.4 Å². The van der Waals surface area contributed by atoms with Gasteiger partial charge in [0.15, 0.2) is 11.5 Å². The number of aromatic nitrogens is 2. The molecule has 0 saturated carbocycles. The number of nitrogens with zero attached hydrogens (tertiary/aromatic N) is 4. The fraction of sp³-hybridized carbons (Fsp3) is 0.339. The summed E-state index contributed by atoms with van der Waals surface area (Å²) in [7, 11) is 0. The lowest BCUT2D eigenvalue weighted by atomic mass is 9.88. The summed E-state index contributed by atoms with van der Waals surface area (Å²) in [4.78, 5) is 78.4. The highest BCUT2D eigenvalue weighted by Crippen LogP contribution is 2.37. The largest absolute Gasteiger partial charge is 0.461 e. The van der Waals surface area contributed by atoms with Gasteiger partial charge in [-0.05, 0) is 152 Å². The number of fused-ring (bicyclic) bond motifs is 1. The summed E-state index contributed by atoms with van der Waals surface area (Å²) < 4.78 is 49.2. The first kappa shape index (κ1) is 64.7. The topological polar surface area (TPSA) is 222 Å². The van der Waals surface area contributed by atoms with Crippen LogP contribution in [0.1, 0.15) is 95.2 Å². The van der Waals surface area contributed by atoms with E-state index in [1.807, 2.05) is 6.08 Å². The van der Waals surface area contributed by atoms with E-state index in [1.54, 1.807) is 116 Å². The lowest BCUT2D eigenvalue weighted by Crippen LogP contribution is -2.51. The van der Waals surface area contributed by atoms with Crippen LogP contribution in [0.25, 0.3) is 23.4 Å². The van der Waals surface area contributed by atoms with Crippen molar-refractivity contribution in [2.24, 2.45) is 11.8 Å². The van der Waals surface area contributed by atoms with Gasteiger partial charge in [-0.15, -0.1) is 0 Å². The number of nitrogens with two attached hydrogens (primary N) is 1. The highest BCUT2D eigenvalue weighted by molar-refractivity contribution is 6.40. The number of carbonyl (C=O) groups is 6. The molecule has 2 aliphatic heterocycles. The average molecular weight is 1170 g/mol. The monoisotopic (exact) mass is 1170 g/mol. The summed E-state index contributed by atoms with van der Waals surface area (Å²) in [5.74, 6) is -0.424. The third kappa shape index (κ3) is 19.2. The second-order valence-corrected chi connectivity index (χ2v) is 20.8. The first-order valence-electron chi connectivity index (χ1n) is 24.5. The lowest BCUT2D eigenvalue weighted by Gasteiger charge is -2.33. The van der Waals surface area contributed by atoms with Crippen molar-refractivity contribution in [3.63, 3.8) is 0 Å². The molecule has 1 aromatic heterocycles. The number of anilines is 1. The summed E-state index contributed by atoms with van der Waals surface area (Å²) >= 11 is 24.0. The molecule has 1 unspecified atom stereocenters. The Balaban J connectivity index is 0.000000283. The molecule has 3 heterocycles. The van der Waals surface area contributed by atoms with Crippen LogP contribution in [0, 0.1) is 17.6 Å². The Labute approximate surface area is 477 Å². The number of nitrogen functional groups attached to an aromatic ring is 1. The molecule has 0 bridgehead atoms. The summed E-state index contributed by atoms with van der Waals surface area (Å²) in [5.41, 5.74) is 5.21. The molecule has 1 fully saturated rings. The Bertz CT molecular complexity index is 3050. The molecule has 17 nitrogen and oxygen atoms in total. The zero-order chi connectivity index (χ0) is 58.9. The normalized spacial score (nSPS) is 15.0. The summed E-state index contributed by atoms with van der Waals surface area (Å²) in [6.07, 6.45) is 2.02. The van der Waals surface area contributed by atoms with Crippen molar-refractivity contribution >= 4 is 106 Å². The number of halogens is 6. The van der Waals surface area contributed by atoms with E-state index in [4.69, 9.17) is 76.3 Å². The van der Waals surface area contributed by atoms with Gasteiger partial charge in [-0.2, -0.15) is 5.10 Å². The van der Waals surface area contributed by atoms with Crippen LogP contribution in [0.15, 0.2) is 90.5 Å². The SMILES string of the molecule is CCO.CCOC(=O)C(=O)C1CN(C(=O)OC(C)(C)C)C/C(=C\c2ccc(F)cc2)C1=O.CCOC(=O)c1nn(-c2ccc(Cl)cc2Cl)c2c1CN(C(=O)OC(C)(C)C)C/C2=C\c1ccc(F)cc1.NNc1ccc(Cl)cc1Cl. The van der Waals surface area contributed by atoms with E-state index in [0.717, 1.165) is 0 Å². The molecule has 5 aromatic rings. The number of hydrogen-bond donors (Lipinski definition) is 3. The smallest absolute Gasteiger partial charge is 0.410 e. The van der Waals surface area contributed by atoms with Gasteiger partial charge >= 0.3 is 24.1 Å². The molecule has 2 aliphatic rings. The summed E-state index contributed by atoms with van der Waals surface area (Å²) in [6, 6.07) is 21.3. The van der Waals surface area contributed by atoms with Crippen molar-refractivity contribution in [1.82, 2.24) is 19.6 Å². The minimum atomic E-state index is -1.39. The molecule has 1 atom stereocenters. The number of carbonyl (C=O) groups excluding carboxylic acids is 6. The molecule has 0 radical (unpaired) electrons. The van der Waals surface area contributed by atoms with Crippen LogP contribution in [0.5, 0.6) is 0 Å². The molecule has 7 rings (SSSR count). The number of aliphatic hydroxyl groups excluding tert-OH is 1. The Morgan fingerprint density at radius 2 is 1.19 bits per heavy atom. The second-order valence-electron chi connectivity index (χ2n) is 19.1. The lowest BCUT2D eigenvalue weighted by molar-refractivity contribution is -0.157. The number of hydrogen-bond acceptors (Lipinski definition) is 14. The van der Waals surface area contributed by atoms with E-state index >= 15 is 0 Å². The maximum atomic E-state index is 13.6. The van der Waals surface area contributed by atoms with Crippen molar-refractivity contribution in [1.29, 1.82) is 0 Å². The standard InChI is InChI=1S/C27H26Cl2FN3O4.C21H24FNO6.C6H6Cl2N2.C2H6O/c1-5-36-25(34)23-20-15-32(26(35)37-27(2,3)4)14-17(12-16-6-9-19(30)10-7-16)24(20)33(31-23)22-11-8-18(28)13-21(22)29;1-5-28-19(26)18(25)16-12-23(20(27)29-21(2,3)4)11-14(17(16)24)10-13-6-8-15(22)9-7-13;7-4-1-2-6(10-9)5(8)3-4;1-2-3/h6-13H,5,14-15H2,1-4H3;6-10,16H,5,11-12H2,1-4H3;1-3,10H,9H2;3H,2H2,1H3/b17-12+;14-10+;;. The van der Waals surface area contributed by atoms with E-state index in [1.165, 1.54) is 52.3 Å². The van der Waals surface area contributed by atoms with Crippen LogP contribution < -0.4 is 11.3 Å². The Kier molecular flexibility index (Phi) is 24.0. The maximum absolute atomic E-state index is 13.6. The highest BCUT2D eigenvalue weighted by Gasteiger charge is 2.42. The molecular formula is C56H62Cl4F2N6O11. The predicted molar refractivity (Wildman–Crippen MR) is 300 cm³/mol. The number of likely N-dealkylation sites (tertiary alicyclic amines) is 1. The first-order valence-corrected chi connectivity index (χ1v) is 26.1. The molecule has 424 valence electrons. The van der Waals surface area contributed by atoms with Gasteiger partial charge in [-0.25, -0.2) is 32.6 Å². The van der Waals surface area contributed by atoms with Gasteiger partial charge in [0.2, 0.25) is 0 Å². The third-order valence-electron chi connectivity index (χ3n) is 10.6. The number of nitrogens with one attached hydrogen (secondary N) is 1. The van der Waals surface area contributed by atoms with Crippen molar-refractivity contribution in [3.05, 3.63) is 150 Å². The Morgan fingerprint density at radius 1 is 0.709 bits per heavy atom. The van der Waals surface area contributed by atoms with E-state index in [0.29, 0.717) is 59.4 Å². The fourth-order valence-electron chi connectivity index (χ4n) is 7.35. The molecule has 79 heavy (non-hydrogen) atoms. The number of piperidine rings is 1. The molecular weight excluding hydrogens is 1110 g/mol. The molecule has 1 saturated heterocycles. The molecule has 0 spiro atoms. The van der Waals surface area contributed by atoms with Crippen molar-refractivity contribution < 1.29 is 61.6 Å². The van der Waals surface area contributed by atoms with Crippen LogP contribution >= 0.6 is 46.4 Å². The number of aliphatic hydroxyl groups is 1. The van der Waals surface area contributed by atoms with E-state index in [2.05, 4.69) is 10.5 Å². The van der Waals surface area contributed by atoms with Gasteiger partial charge in [0.1, 0.15) is 28.8 Å². The summed E-state index contributed by atoms with van der Waals surface area (Å²) in [5, 5.41) is 14.0. The van der Waals surface area contributed by atoms with Gasteiger partial charge in [-0.3, -0.25) is 20.3 Å². The molecule has 4 aromatic carbocycles. The zero-order valence-corrected chi connectivity index (χ0v) is 48.0. The quantitative estimate of drug-likeness (QED) is 0.0238. The highest BCUT2D eigenvalue weighted by atomic mass is 35.5.